The van der Waals surface area contributed by atoms with E-state index in [1.165, 1.54) is 24.3 Å². The van der Waals surface area contributed by atoms with Crippen LogP contribution in [0.2, 0.25) is 20.1 Å². The predicted octanol–water partition coefficient (Wildman–Crippen LogP) is 9.20. The second-order valence-corrected chi connectivity index (χ2v) is 12.3. The van der Waals surface area contributed by atoms with Gasteiger partial charge in [0.2, 0.25) is 5.91 Å². The van der Waals surface area contributed by atoms with Gasteiger partial charge in [-0.3, -0.25) is 14.4 Å². The summed E-state index contributed by atoms with van der Waals surface area (Å²) in [6.45, 7) is 0. The van der Waals surface area contributed by atoms with E-state index in [2.05, 4.69) is 5.32 Å². The number of benzene rings is 3. The Morgan fingerprint density at radius 2 is 1.45 bits per heavy atom. The maximum atomic E-state index is 14.9. The number of alkyl halides is 6. The first-order valence-corrected chi connectivity index (χ1v) is 14.0. The number of anilines is 3. The van der Waals surface area contributed by atoms with Gasteiger partial charge in [-0.05, 0) is 48.0 Å². The van der Waals surface area contributed by atoms with Crippen molar-refractivity contribution in [2.45, 2.75) is 22.6 Å². The Bertz CT molecular complexity index is 1670. The number of rotatable bonds is 8. The van der Waals surface area contributed by atoms with Gasteiger partial charge in [-0.25, -0.2) is 17.6 Å². The third-order valence-corrected chi connectivity index (χ3v) is 8.80. The summed E-state index contributed by atoms with van der Waals surface area (Å²) in [5.41, 5.74) is -2.27. The van der Waals surface area contributed by atoms with E-state index in [0.29, 0.717) is 17.7 Å². The lowest BCUT2D eigenvalue weighted by Crippen LogP contribution is -2.41. The van der Waals surface area contributed by atoms with Crippen LogP contribution in [0.25, 0.3) is 0 Å². The van der Waals surface area contributed by atoms with Gasteiger partial charge in [0.1, 0.15) is 15.8 Å². The molecule has 2 atom stereocenters. The van der Waals surface area contributed by atoms with Gasteiger partial charge in [0.05, 0.1) is 37.3 Å². The zero-order valence-corrected chi connectivity index (χ0v) is 25.6. The van der Waals surface area contributed by atoms with Gasteiger partial charge in [-0.2, -0.15) is 8.78 Å². The Hall–Kier alpha value is -2.61. The predicted molar refractivity (Wildman–Crippen MR) is 156 cm³/mol. The zero-order valence-electron chi connectivity index (χ0n) is 21.0. The lowest BCUT2D eigenvalue weighted by atomic mass is 10.1. The van der Waals surface area contributed by atoms with Crippen LogP contribution in [0.1, 0.15) is 21.8 Å². The molecule has 44 heavy (non-hydrogen) atoms. The van der Waals surface area contributed by atoms with E-state index in [0.717, 1.165) is 11.4 Å². The molecule has 0 aliphatic heterocycles. The molecule has 3 aromatic carbocycles. The molecule has 0 aromatic heterocycles. The second-order valence-electron chi connectivity index (χ2n) is 9.23. The lowest BCUT2D eigenvalue weighted by Gasteiger charge is -2.17. The first kappa shape index (κ1) is 34.3. The Labute approximate surface area is 273 Å². The minimum absolute atomic E-state index is 0.00765. The molecule has 6 nitrogen and oxygen atoms in total. The van der Waals surface area contributed by atoms with Gasteiger partial charge in [0, 0.05) is 11.6 Å². The highest BCUT2D eigenvalue weighted by Crippen LogP contribution is 2.65. The minimum atomic E-state index is -5.27. The normalized spacial score (nSPS) is 17.3. The molecule has 18 heteroatoms. The molecule has 3 amide bonds. The molecular weight excluding hydrogens is 729 g/mol. The van der Waals surface area contributed by atoms with Gasteiger partial charge < -0.3 is 16.0 Å². The first-order chi connectivity index (χ1) is 20.4. The van der Waals surface area contributed by atoms with Crippen LogP contribution >= 0.6 is 69.6 Å². The highest BCUT2D eigenvalue weighted by Gasteiger charge is 2.67. The summed E-state index contributed by atoms with van der Waals surface area (Å²) >= 11 is 36.9. The van der Waals surface area contributed by atoms with Crippen LogP contribution in [-0.2, 0) is 9.59 Å². The van der Waals surface area contributed by atoms with Gasteiger partial charge in [0.25, 0.3) is 5.91 Å². The number of halogens is 12. The molecule has 234 valence electrons. The second kappa shape index (κ2) is 12.6. The maximum Gasteiger partial charge on any atom is 0.383 e. The number of carbonyl (C=O) groups excluding carboxylic acids is 3. The summed E-state index contributed by atoms with van der Waals surface area (Å²) in [4.78, 5) is 37.5. The Morgan fingerprint density at radius 1 is 0.841 bits per heavy atom. The monoisotopic (exact) mass is 739 g/mol. The van der Waals surface area contributed by atoms with Crippen molar-refractivity contribution in [2.24, 2.45) is 5.92 Å². The van der Waals surface area contributed by atoms with Crippen LogP contribution in [0.5, 0.6) is 0 Å². The maximum absolute atomic E-state index is 14.9. The Kier molecular flexibility index (Phi) is 9.85. The van der Waals surface area contributed by atoms with Crippen LogP contribution in [0, 0.1) is 17.6 Å². The van der Waals surface area contributed by atoms with Crippen molar-refractivity contribution in [3.05, 3.63) is 85.3 Å². The van der Waals surface area contributed by atoms with Crippen LogP contribution in [0.4, 0.5) is 43.4 Å². The first-order valence-electron chi connectivity index (χ1n) is 11.8. The highest BCUT2D eigenvalue weighted by molar-refractivity contribution is 6.54. The van der Waals surface area contributed by atoms with Gasteiger partial charge >= 0.3 is 18.3 Å². The molecule has 1 saturated carbocycles. The number of nitrogens with one attached hydrogen (secondary N) is 3. The van der Waals surface area contributed by atoms with E-state index in [1.807, 2.05) is 5.32 Å². The summed E-state index contributed by atoms with van der Waals surface area (Å²) < 4.78 is 78.9. The highest BCUT2D eigenvalue weighted by atomic mass is 35.5. The lowest BCUT2D eigenvalue weighted by molar-refractivity contribution is -0.163. The Balaban J connectivity index is 1.52. The van der Waals surface area contributed by atoms with Crippen molar-refractivity contribution >= 4 is 104 Å². The average Bonchev–Trinajstić information content (AvgIpc) is 3.53. The summed E-state index contributed by atoms with van der Waals surface area (Å²) in [6, 6.07) is 7.64. The standard InChI is InChI=1S/C26H13Cl6F6N3O3/c27-11-2-1-9(39-22(43)17-16(25(17,31)32)8-5-12(28)18(30)13(29)6-8)7-10(11)21(42)40-15-4-3-14(33)20(19(15)34)41-24(44)26(37,38)23(35)36/h1-7,16-17,23H,(H,39,43)(H,40,42)(H,41,44)/t16-,17?/m0/s1. The van der Waals surface area contributed by atoms with E-state index in [9.17, 15) is 40.7 Å². The molecule has 3 aromatic rings. The topological polar surface area (TPSA) is 87.3 Å². The molecule has 3 N–H and O–H groups in total. The number of amides is 3. The van der Waals surface area contributed by atoms with E-state index in [-0.39, 0.29) is 31.3 Å². The van der Waals surface area contributed by atoms with Crippen molar-refractivity contribution in [1.29, 1.82) is 0 Å². The zero-order chi connectivity index (χ0) is 32.9. The van der Waals surface area contributed by atoms with E-state index < -0.39 is 69.2 Å². The third kappa shape index (κ3) is 6.66. The number of hydrogen-bond acceptors (Lipinski definition) is 3. The molecular formula is C26H13Cl6F6N3O3. The molecule has 0 spiro atoms. The van der Waals surface area contributed by atoms with E-state index in [4.69, 9.17) is 69.6 Å². The van der Waals surface area contributed by atoms with Crippen LogP contribution in [0.3, 0.4) is 0 Å². The fourth-order valence-corrected chi connectivity index (χ4v) is 5.71. The minimum Gasteiger partial charge on any atom is -0.326 e. The summed E-state index contributed by atoms with van der Waals surface area (Å²) in [6.07, 6.45) is -4.46. The molecule has 0 heterocycles. The summed E-state index contributed by atoms with van der Waals surface area (Å²) in [7, 11) is 0. The quantitative estimate of drug-likeness (QED) is 0.122. The molecule has 4 rings (SSSR count). The Morgan fingerprint density at radius 3 is 2.05 bits per heavy atom. The van der Waals surface area contributed by atoms with Gasteiger partial charge in [-0.1, -0.05) is 46.4 Å². The molecule has 0 bridgehead atoms. The van der Waals surface area contributed by atoms with Crippen LogP contribution < -0.4 is 16.0 Å². The summed E-state index contributed by atoms with van der Waals surface area (Å²) in [5.74, 6) is -14.9. The number of carbonyl (C=O) groups is 3. The molecule has 0 radical (unpaired) electrons. The smallest absolute Gasteiger partial charge is 0.326 e. The third-order valence-electron chi connectivity index (χ3n) is 6.33. The average molecular weight is 742 g/mol. The molecule has 1 aliphatic rings. The molecule has 1 aliphatic carbocycles. The fourth-order valence-electron chi connectivity index (χ4n) is 4.07. The van der Waals surface area contributed by atoms with Gasteiger partial charge in [0.15, 0.2) is 5.82 Å². The van der Waals surface area contributed by atoms with Crippen molar-refractivity contribution < 1.29 is 40.7 Å². The van der Waals surface area contributed by atoms with Crippen molar-refractivity contribution in [2.75, 3.05) is 16.0 Å². The van der Waals surface area contributed by atoms with Crippen molar-refractivity contribution in [3.63, 3.8) is 0 Å². The van der Waals surface area contributed by atoms with E-state index >= 15 is 0 Å². The van der Waals surface area contributed by atoms with Crippen molar-refractivity contribution in [3.8, 4) is 0 Å². The molecule has 1 fully saturated rings. The van der Waals surface area contributed by atoms with Crippen molar-refractivity contribution in [1.82, 2.24) is 0 Å². The molecule has 0 saturated heterocycles. The summed E-state index contributed by atoms with van der Waals surface area (Å²) in [5, 5.41) is 5.68. The SMILES string of the molecule is O=C(Nc1ccc(F)c(NC(=O)C(F)(F)C(F)F)c1F)c1cc(NC(=O)C2[C@H](c3cc(Cl)c(Cl)c(Cl)c3)C2(Cl)Cl)ccc1Cl. The molecule has 1 unspecified atom stereocenters. The van der Waals surface area contributed by atoms with E-state index in [1.54, 1.807) is 0 Å². The van der Waals surface area contributed by atoms with Gasteiger partial charge in [-0.15, -0.1) is 23.2 Å². The fraction of sp³-hybridized carbons (Fsp3) is 0.192. The largest absolute Gasteiger partial charge is 0.383 e. The van der Waals surface area contributed by atoms with Crippen LogP contribution in [-0.4, -0.2) is 34.4 Å². The van der Waals surface area contributed by atoms with Crippen LogP contribution in [0.15, 0.2) is 42.5 Å². The number of hydrogen-bond donors (Lipinski definition) is 3.